The third kappa shape index (κ3) is 5.33. The summed E-state index contributed by atoms with van der Waals surface area (Å²) in [6.45, 7) is -0.535. The van der Waals surface area contributed by atoms with E-state index in [1.54, 1.807) is 30.3 Å². The molecular formula is C22H18F2N2O5. The standard InChI is InChI=1S/C22H18F2N2O5/c1-26(20(27)13-31-22(29)16-9-8-14(23)11-18(16)24)19-7-3-2-6-17(19)21(28)25-12-15-5-4-10-30-15/h2-11H,12-13H2,1H3,(H,25,28). The molecule has 1 N–H and O–H groups in total. The number of hydrogen-bond donors (Lipinski definition) is 1. The maximum absolute atomic E-state index is 13.7. The molecule has 3 rings (SSSR count). The molecule has 0 aliphatic rings. The number of anilines is 1. The molecule has 160 valence electrons. The van der Waals surface area contributed by atoms with E-state index in [0.29, 0.717) is 11.8 Å². The molecule has 0 fully saturated rings. The molecule has 31 heavy (non-hydrogen) atoms. The fourth-order valence-corrected chi connectivity index (χ4v) is 2.73. The van der Waals surface area contributed by atoms with Gasteiger partial charge in [-0.3, -0.25) is 9.59 Å². The molecule has 0 aliphatic carbocycles. The van der Waals surface area contributed by atoms with E-state index >= 15 is 0 Å². The number of halogens is 2. The first kappa shape index (κ1) is 21.7. The second kappa shape index (κ2) is 9.66. The van der Waals surface area contributed by atoms with E-state index in [1.165, 1.54) is 19.4 Å². The van der Waals surface area contributed by atoms with Gasteiger partial charge >= 0.3 is 5.97 Å². The Hall–Kier alpha value is -4.01. The van der Waals surface area contributed by atoms with Crippen LogP contribution >= 0.6 is 0 Å². The molecule has 0 spiro atoms. The lowest BCUT2D eigenvalue weighted by Gasteiger charge is -2.20. The average Bonchev–Trinajstić information content (AvgIpc) is 3.28. The Morgan fingerprint density at radius 3 is 2.52 bits per heavy atom. The first-order chi connectivity index (χ1) is 14.9. The number of para-hydroxylation sites is 1. The number of nitrogens with one attached hydrogen (secondary N) is 1. The molecule has 2 aromatic carbocycles. The summed E-state index contributed by atoms with van der Waals surface area (Å²) in [7, 11) is 1.41. The number of furan rings is 1. The Bertz CT molecular complexity index is 1100. The lowest BCUT2D eigenvalue weighted by Crippen LogP contribution is -2.33. The Morgan fingerprint density at radius 2 is 1.81 bits per heavy atom. The molecule has 7 nitrogen and oxygen atoms in total. The van der Waals surface area contributed by atoms with Crippen molar-refractivity contribution in [3.05, 3.63) is 89.4 Å². The van der Waals surface area contributed by atoms with Crippen molar-refractivity contribution in [1.29, 1.82) is 0 Å². The van der Waals surface area contributed by atoms with Crippen LogP contribution in [0.3, 0.4) is 0 Å². The van der Waals surface area contributed by atoms with Crippen LogP contribution in [0, 0.1) is 11.6 Å². The first-order valence-electron chi connectivity index (χ1n) is 9.15. The molecule has 0 radical (unpaired) electrons. The van der Waals surface area contributed by atoms with Crippen LogP contribution in [0.4, 0.5) is 14.5 Å². The van der Waals surface area contributed by atoms with Crippen molar-refractivity contribution >= 4 is 23.5 Å². The van der Waals surface area contributed by atoms with Gasteiger partial charge in [0.05, 0.1) is 29.6 Å². The molecule has 0 saturated carbocycles. The van der Waals surface area contributed by atoms with Crippen molar-refractivity contribution in [2.45, 2.75) is 6.54 Å². The van der Waals surface area contributed by atoms with Crippen LogP contribution in [0.5, 0.6) is 0 Å². The summed E-state index contributed by atoms with van der Waals surface area (Å²) in [5.41, 5.74) is 0.0174. The fourth-order valence-electron chi connectivity index (χ4n) is 2.73. The van der Waals surface area contributed by atoms with Crippen LogP contribution in [0.15, 0.2) is 65.3 Å². The molecule has 1 heterocycles. The van der Waals surface area contributed by atoms with Crippen molar-refractivity contribution < 1.29 is 32.3 Å². The van der Waals surface area contributed by atoms with Crippen LogP contribution in [0.1, 0.15) is 26.5 Å². The number of ether oxygens (including phenoxy) is 1. The number of carbonyl (C=O) groups is 3. The number of esters is 1. The minimum Gasteiger partial charge on any atom is -0.467 e. The predicted molar refractivity (Wildman–Crippen MR) is 106 cm³/mol. The minimum absolute atomic E-state index is 0.165. The van der Waals surface area contributed by atoms with Crippen LogP contribution in [0.25, 0.3) is 0 Å². The molecule has 0 atom stereocenters. The highest BCUT2D eigenvalue weighted by Crippen LogP contribution is 2.20. The maximum Gasteiger partial charge on any atom is 0.341 e. The maximum atomic E-state index is 13.7. The van der Waals surface area contributed by atoms with Crippen molar-refractivity contribution in [3.63, 3.8) is 0 Å². The van der Waals surface area contributed by atoms with Crippen molar-refractivity contribution in [2.75, 3.05) is 18.6 Å². The molecule has 0 unspecified atom stereocenters. The molecule has 2 amide bonds. The van der Waals surface area contributed by atoms with E-state index in [4.69, 9.17) is 9.15 Å². The Morgan fingerprint density at radius 1 is 1.03 bits per heavy atom. The van der Waals surface area contributed by atoms with Crippen molar-refractivity contribution in [2.24, 2.45) is 0 Å². The van der Waals surface area contributed by atoms with Crippen molar-refractivity contribution in [1.82, 2.24) is 5.32 Å². The average molecular weight is 428 g/mol. The quantitative estimate of drug-likeness (QED) is 0.584. The van der Waals surface area contributed by atoms with E-state index < -0.39 is 41.6 Å². The van der Waals surface area contributed by atoms with E-state index in [-0.39, 0.29) is 17.8 Å². The lowest BCUT2D eigenvalue weighted by atomic mass is 10.1. The summed E-state index contributed by atoms with van der Waals surface area (Å²) in [4.78, 5) is 38.2. The van der Waals surface area contributed by atoms with Gasteiger partial charge in [-0.05, 0) is 36.4 Å². The van der Waals surface area contributed by atoms with Gasteiger partial charge in [-0.25, -0.2) is 13.6 Å². The van der Waals surface area contributed by atoms with Crippen LogP contribution in [-0.2, 0) is 16.1 Å². The second-order valence-corrected chi connectivity index (χ2v) is 6.43. The number of carbonyl (C=O) groups excluding carboxylic acids is 3. The highest BCUT2D eigenvalue weighted by Gasteiger charge is 2.21. The largest absolute Gasteiger partial charge is 0.467 e. The number of nitrogens with zero attached hydrogens (tertiary/aromatic N) is 1. The summed E-state index contributed by atoms with van der Waals surface area (Å²) in [6, 6.07) is 12.2. The van der Waals surface area contributed by atoms with Gasteiger partial charge < -0.3 is 19.4 Å². The fraction of sp³-hybridized carbons (Fsp3) is 0.136. The van der Waals surface area contributed by atoms with E-state index in [2.05, 4.69) is 5.32 Å². The molecule has 1 aromatic heterocycles. The Labute approximate surface area is 176 Å². The predicted octanol–water partition coefficient (Wildman–Crippen LogP) is 3.31. The van der Waals surface area contributed by atoms with E-state index in [1.807, 2.05) is 0 Å². The van der Waals surface area contributed by atoms with E-state index in [9.17, 15) is 23.2 Å². The first-order valence-corrected chi connectivity index (χ1v) is 9.15. The topological polar surface area (TPSA) is 88.8 Å². The zero-order valence-corrected chi connectivity index (χ0v) is 16.4. The van der Waals surface area contributed by atoms with Crippen molar-refractivity contribution in [3.8, 4) is 0 Å². The van der Waals surface area contributed by atoms with Gasteiger partial charge in [0.2, 0.25) is 0 Å². The number of benzene rings is 2. The zero-order valence-electron chi connectivity index (χ0n) is 16.4. The van der Waals surface area contributed by atoms with Gasteiger partial charge in [0.25, 0.3) is 11.8 Å². The highest BCUT2D eigenvalue weighted by atomic mass is 19.1. The zero-order chi connectivity index (χ0) is 22.4. The number of amides is 2. The van der Waals surface area contributed by atoms with Gasteiger partial charge in [-0.1, -0.05) is 12.1 Å². The van der Waals surface area contributed by atoms with Gasteiger partial charge in [-0.2, -0.15) is 0 Å². The Balaban J connectivity index is 1.65. The molecule has 0 aliphatic heterocycles. The second-order valence-electron chi connectivity index (χ2n) is 6.43. The molecule has 0 bridgehead atoms. The molecule has 3 aromatic rings. The van der Waals surface area contributed by atoms with Gasteiger partial charge in [0.1, 0.15) is 17.4 Å². The minimum atomic E-state index is -1.11. The third-order valence-electron chi connectivity index (χ3n) is 4.37. The summed E-state index contributed by atoms with van der Waals surface area (Å²) >= 11 is 0. The number of rotatable bonds is 7. The number of hydrogen-bond acceptors (Lipinski definition) is 5. The summed E-state index contributed by atoms with van der Waals surface area (Å²) in [5, 5.41) is 2.69. The van der Waals surface area contributed by atoms with Gasteiger partial charge in [0.15, 0.2) is 6.61 Å². The monoisotopic (exact) mass is 428 g/mol. The SMILES string of the molecule is CN(C(=O)COC(=O)c1ccc(F)cc1F)c1ccccc1C(=O)NCc1ccco1. The highest BCUT2D eigenvalue weighted by molar-refractivity contribution is 6.05. The third-order valence-corrected chi connectivity index (χ3v) is 4.37. The van der Waals surface area contributed by atoms with Crippen LogP contribution in [-0.4, -0.2) is 31.4 Å². The van der Waals surface area contributed by atoms with Gasteiger partial charge in [0, 0.05) is 13.1 Å². The van der Waals surface area contributed by atoms with Crippen LogP contribution in [0.2, 0.25) is 0 Å². The smallest absolute Gasteiger partial charge is 0.341 e. The molecule has 9 heteroatoms. The normalized spacial score (nSPS) is 10.4. The lowest BCUT2D eigenvalue weighted by molar-refractivity contribution is -0.121. The molecule has 0 saturated heterocycles. The Kier molecular flexibility index (Phi) is 6.76. The van der Waals surface area contributed by atoms with E-state index in [0.717, 1.165) is 17.0 Å². The van der Waals surface area contributed by atoms with Gasteiger partial charge in [-0.15, -0.1) is 0 Å². The summed E-state index contributed by atoms with van der Waals surface area (Å²) in [5.74, 6) is -3.56. The summed E-state index contributed by atoms with van der Waals surface area (Å²) in [6.07, 6.45) is 1.49. The molecular weight excluding hydrogens is 410 g/mol. The van der Waals surface area contributed by atoms with Crippen LogP contribution < -0.4 is 10.2 Å². The number of likely N-dealkylation sites (N-methyl/N-ethyl adjacent to an activating group) is 1. The summed E-state index contributed by atoms with van der Waals surface area (Å²) < 4.78 is 36.7.